The molecule has 0 aliphatic carbocycles. The van der Waals surface area contributed by atoms with Gasteiger partial charge in [-0.2, -0.15) is 5.10 Å². The highest BCUT2D eigenvalue weighted by atomic mass is 35.5. The molecule has 0 fully saturated rings. The van der Waals surface area contributed by atoms with Gasteiger partial charge in [0.15, 0.2) is 11.8 Å². The summed E-state index contributed by atoms with van der Waals surface area (Å²) in [6.45, 7) is 1.62. The zero-order valence-corrected chi connectivity index (χ0v) is 10.5. The molecule has 2 radical (unpaired) electrons. The molecular weight excluding hydrogens is 256 g/mol. The molecule has 0 amide bonds. The van der Waals surface area contributed by atoms with Crippen LogP contribution in [-0.2, 0) is 9.53 Å². The van der Waals surface area contributed by atoms with Crippen molar-refractivity contribution in [3.8, 4) is 0 Å². The Morgan fingerprint density at radius 1 is 1.67 bits per heavy atom. The van der Waals surface area contributed by atoms with Crippen LogP contribution in [-0.4, -0.2) is 40.6 Å². The summed E-state index contributed by atoms with van der Waals surface area (Å²) in [6, 6.07) is 1.53. The van der Waals surface area contributed by atoms with Crippen molar-refractivity contribution in [1.82, 2.24) is 14.6 Å². The average Bonchev–Trinajstić information content (AvgIpc) is 2.68. The molecule has 0 aliphatic rings. The van der Waals surface area contributed by atoms with Gasteiger partial charge in [-0.25, -0.2) is 14.3 Å². The molecule has 0 aliphatic heterocycles. The third kappa shape index (κ3) is 1.95. The predicted molar refractivity (Wildman–Crippen MR) is 65.1 cm³/mol. The molecule has 8 heteroatoms. The van der Waals surface area contributed by atoms with Gasteiger partial charge < -0.3 is 9.84 Å². The summed E-state index contributed by atoms with van der Waals surface area (Å²) in [5.41, 5.74) is 1.24. The van der Waals surface area contributed by atoms with Crippen molar-refractivity contribution < 1.29 is 14.6 Å². The van der Waals surface area contributed by atoms with Gasteiger partial charge in [0.1, 0.15) is 13.0 Å². The topological polar surface area (TPSA) is 76.7 Å². The zero-order chi connectivity index (χ0) is 13.4. The molecule has 0 aromatic carbocycles. The van der Waals surface area contributed by atoms with Crippen molar-refractivity contribution in [3.05, 3.63) is 22.5 Å². The van der Waals surface area contributed by atoms with Crippen LogP contribution in [0.15, 0.2) is 6.07 Å². The van der Waals surface area contributed by atoms with Crippen LogP contribution in [0.1, 0.15) is 17.4 Å². The number of halogens is 1. The molecule has 0 saturated carbocycles. The third-order valence-electron chi connectivity index (χ3n) is 2.49. The van der Waals surface area contributed by atoms with E-state index >= 15 is 0 Å². The van der Waals surface area contributed by atoms with Crippen LogP contribution >= 0.6 is 11.6 Å². The number of hydrogen-bond donors (Lipinski definition) is 1. The number of hydrogen-bond acceptors (Lipinski definition) is 5. The van der Waals surface area contributed by atoms with Crippen molar-refractivity contribution >= 4 is 36.7 Å². The third-order valence-corrected chi connectivity index (χ3v) is 2.85. The van der Waals surface area contributed by atoms with Crippen LogP contribution in [0.5, 0.6) is 0 Å². The minimum atomic E-state index is -1.51. The summed E-state index contributed by atoms with van der Waals surface area (Å²) in [7, 11) is 6.71. The molecular formula is C10H9BClN3O3. The Morgan fingerprint density at radius 3 is 2.94 bits per heavy atom. The number of methoxy groups -OCH3 is 1. The molecule has 2 aromatic rings. The van der Waals surface area contributed by atoms with Gasteiger partial charge in [0, 0.05) is 11.3 Å². The normalized spacial score (nSPS) is 12.7. The van der Waals surface area contributed by atoms with Gasteiger partial charge in [0.25, 0.3) is 0 Å². The first-order valence-electron chi connectivity index (χ1n) is 5.03. The lowest BCUT2D eigenvalue weighted by molar-refractivity contribution is -0.150. The number of ether oxygens (including phenoxy) is 1. The van der Waals surface area contributed by atoms with Crippen LogP contribution in [0.3, 0.4) is 0 Å². The maximum Gasteiger partial charge on any atom is 0.339 e. The van der Waals surface area contributed by atoms with Crippen molar-refractivity contribution in [2.75, 3.05) is 7.11 Å². The molecule has 0 bridgehead atoms. The number of aromatic nitrogens is 3. The first-order chi connectivity index (χ1) is 8.45. The van der Waals surface area contributed by atoms with Crippen molar-refractivity contribution in [2.45, 2.75) is 13.0 Å². The largest absolute Gasteiger partial charge is 0.467 e. The lowest BCUT2D eigenvalue weighted by Crippen LogP contribution is -2.17. The summed E-state index contributed by atoms with van der Waals surface area (Å²) < 4.78 is 5.72. The van der Waals surface area contributed by atoms with Gasteiger partial charge in [-0.3, -0.25) is 0 Å². The number of aryl methyl sites for hydroxylation is 1. The van der Waals surface area contributed by atoms with Crippen LogP contribution in [0.25, 0.3) is 5.65 Å². The second-order valence-corrected chi connectivity index (χ2v) is 4.02. The SMILES string of the molecule is [B]c1cc2nc(C)c(C(O)C(=O)OC)c(Cl)n2n1. The monoisotopic (exact) mass is 265 g/mol. The first-order valence-corrected chi connectivity index (χ1v) is 5.40. The molecule has 92 valence electrons. The minimum Gasteiger partial charge on any atom is -0.467 e. The van der Waals surface area contributed by atoms with E-state index in [-0.39, 0.29) is 16.3 Å². The standard InChI is InChI=1S/C10H9BClN3O3/c1-4-7(8(16)10(17)18-2)9(12)15-6(13-4)3-5(11)14-15/h3,8,16H,1-2H3. The summed E-state index contributed by atoms with van der Waals surface area (Å²) in [6.07, 6.45) is -1.51. The van der Waals surface area contributed by atoms with Gasteiger partial charge in [0.2, 0.25) is 0 Å². The average molecular weight is 265 g/mol. The molecule has 2 aromatic heterocycles. The lowest BCUT2D eigenvalue weighted by Gasteiger charge is -2.13. The summed E-state index contributed by atoms with van der Waals surface area (Å²) in [5.74, 6) is -0.818. The number of nitrogens with zero attached hydrogens (tertiary/aromatic N) is 3. The summed E-state index contributed by atoms with van der Waals surface area (Å²) in [5, 5.41) is 13.8. The van der Waals surface area contributed by atoms with Gasteiger partial charge in [-0.1, -0.05) is 11.6 Å². The molecule has 0 spiro atoms. The zero-order valence-electron chi connectivity index (χ0n) is 9.72. The van der Waals surface area contributed by atoms with E-state index in [0.29, 0.717) is 11.3 Å². The Morgan fingerprint density at radius 2 is 2.33 bits per heavy atom. The highest BCUT2D eigenvalue weighted by Crippen LogP contribution is 2.26. The number of fused-ring (bicyclic) bond motifs is 1. The van der Waals surface area contributed by atoms with E-state index in [1.165, 1.54) is 17.7 Å². The predicted octanol–water partition coefficient (Wildman–Crippen LogP) is -0.309. The fraction of sp³-hybridized carbons (Fsp3) is 0.300. The molecule has 2 rings (SSSR count). The molecule has 1 atom stereocenters. The summed E-state index contributed by atoms with van der Waals surface area (Å²) in [4.78, 5) is 15.5. The van der Waals surface area contributed by atoms with E-state index in [2.05, 4.69) is 14.8 Å². The highest BCUT2D eigenvalue weighted by molar-refractivity contribution is 6.32. The summed E-state index contributed by atoms with van der Waals surface area (Å²) >= 11 is 6.09. The Balaban J connectivity index is 2.67. The number of aliphatic hydroxyl groups excluding tert-OH is 1. The number of rotatable bonds is 2. The maximum atomic E-state index is 11.3. The molecule has 18 heavy (non-hydrogen) atoms. The van der Waals surface area contributed by atoms with Gasteiger partial charge in [-0.05, 0) is 13.0 Å². The number of aliphatic hydroxyl groups is 1. The van der Waals surface area contributed by atoms with Crippen molar-refractivity contribution in [1.29, 1.82) is 0 Å². The van der Waals surface area contributed by atoms with E-state index in [1.54, 1.807) is 6.92 Å². The van der Waals surface area contributed by atoms with Crippen molar-refractivity contribution in [2.24, 2.45) is 0 Å². The second-order valence-electron chi connectivity index (χ2n) is 3.67. The van der Waals surface area contributed by atoms with E-state index < -0.39 is 12.1 Å². The molecule has 1 N–H and O–H groups in total. The molecule has 6 nitrogen and oxygen atoms in total. The van der Waals surface area contributed by atoms with Gasteiger partial charge in [-0.15, -0.1) is 0 Å². The van der Waals surface area contributed by atoms with Crippen LogP contribution in [0, 0.1) is 6.92 Å². The molecule has 1 unspecified atom stereocenters. The van der Waals surface area contributed by atoms with Crippen LogP contribution in [0.2, 0.25) is 5.15 Å². The highest BCUT2D eigenvalue weighted by Gasteiger charge is 2.26. The van der Waals surface area contributed by atoms with E-state index in [4.69, 9.17) is 19.4 Å². The van der Waals surface area contributed by atoms with Gasteiger partial charge >= 0.3 is 5.97 Å². The Hall–Kier alpha value is -1.60. The lowest BCUT2D eigenvalue weighted by atomic mass is 10.1. The first kappa shape index (κ1) is 12.9. The molecule has 0 saturated heterocycles. The van der Waals surface area contributed by atoms with E-state index in [1.807, 2.05) is 0 Å². The van der Waals surface area contributed by atoms with Gasteiger partial charge in [0.05, 0.1) is 12.7 Å². The van der Waals surface area contributed by atoms with E-state index in [9.17, 15) is 9.90 Å². The quantitative estimate of drug-likeness (QED) is 0.458. The van der Waals surface area contributed by atoms with Crippen LogP contribution in [0.4, 0.5) is 0 Å². The number of carbonyl (C=O) groups excluding carboxylic acids is 1. The fourth-order valence-corrected chi connectivity index (χ4v) is 2.01. The number of esters is 1. The fourth-order valence-electron chi connectivity index (χ4n) is 1.65. The smallest absolute Gasteiger partial charge is 0.339 e. The minimum absolute atomic E-state index is 0.0760. The second kappa shape index (κ2) is 4.58. The van der Waals surface area contributed by atoms with Crippen molar-refractivity contribution in [3.63, 3.8) is 0 Å². The van der Waals surface area contributed by atoms with Crippen LogP contribution < -0.4 is 5.59 Å². The van der Waals surface area contributed by atoms with E-state index in [0.717, 1.165) is 0 Å². The molecule has 2 heterocycles. The Bertz CT molecular complexity index is 628. The number of carbonyl (C=O) groups is 1. The Labute approximate surface area is 109 Å². The maximum absolute atomic E-state index is 11.3. The Kier molecular flexibility index (Phi) is 3.27.